The molecule has 0 radical (unpaired) electrons. The number of carbonyl (C=O) groups is 1. The van der Waals surface area contributed by atoms with Gasteiger partial charge in [-0.1, -0.05) is 18.2 Å². The van der Waals surface area contributed by atoms with E-state index in [0.717, 1.165) is 5.56 Å². The van der Waals surface area contributed by atoms with Crippen molar-refractivity contribution in [3.63, 3.8) is 0 Å². The quantitative estimate of drug-likeness (QED) is 0.705. The second-order valence-electron chi connectivity index (χ2n) is 4.47. The van der Waals surface area contributed by atoms with Gasteiger partial charge in [0.15, 0.2) is 5.78 Å². The van der Waals surface area contributed by atoms with E-state index in [-0.39, 0.29) is 15.8 Å². The van der Waals surface area contributed by atoms with Crippen LogP contribution in [0.2, 0.25) is 0 Å². The minimum atomic E-state index is -0.632. The zero-order valence-corrected chi connectivity index (χ0v) is 11.4. The molecule has 0 fully saturated rings. The predicted octanol–water partition coefficient (Wildman–Crippen LogP) is 4.52. The standard InChI is InChI=1S/C15H9BrF2O/c16-11-5-6-12(17)14(15(11)18)10-3-1-2-9-8(10)4-7-13(9)19/h1-3,5-6H,4,7H2. The molecule has 0 unspecified atom stereocenters. The molecule has 0 spiro atoms. The predicted molar refractivity (Wildman–Crippen MR) is 72.1 cm³/mol. The van der Waals surface area contributed by atoms with Crippen LogP contribution < -0.4 is 0 Å². The summed E-state index contributed by atoms with van der Waals surface area (Å²) in [7, 11) is 0. The fourth-order valence-electron chi connectivity index (χ4n) is 2.50. The number of halogens is 3. The van der Waals surface area contributed by atoms with Gasteiger partial charge in [0.25, 0.3) is 0 Å². The lowest BCUT2D eigenvalue weighted by atomic mass is 9.96. The zero-order valence-electron chi connectivity index (χ0n) is 9.84. The van der Waals surface area contributed by atoms with Crippen molar-refractivity contribution in [2.24, 2.45) is 0 Å². The maximum Gasteiger partial charge on any atom is 0.163 e. The van der Waals surface area contributed by atoms with E-state index in [1.807, 2.05) is 0 Å². The maximum atomic E-state index is 14.1. The van der Waals surface area contributed by atoms with Gasteiger partial charge in [0.2, 0.25) is 0 Å². The summed E-state index contributed by atoms with van der Waals surface area (Å²) in [6, 6.07) is 7.59. The van der Waals surface area contributed by atoms with Crippen molar-refractivity contribution in [1.82, 2.24) is 0 Å². The van der Waals surface area contributed by atoms with Gasteiger partial charge >= 0.3 is 0 Å². The highest BCUT2D eigenvalue weighted by Crippen LogP contribution is 2.37. The van der Waals surface area contributed by atoms with Crippen molar-refractivity contribution in [2.45, 2.75) is 12.8 Å². The van der Waals surface area contributed by atoms with Crippen molar-refractivity contribution < 1.29 is 13.6 Å². The number of fused-ring (bicyclic) bond motifs is 1. The fraction of sp³-hybridized carbons (Fsp3) is 0.133. The third kappa shape index (κ3) is 1.91. The van der Waals surface area contributed by atoms with Crippen molar-refractivity contribution >= 4 is 21.7 Å². The average Bonchev–Trinajstić information content (AvgIpc) is 2.78. The van der Waals surface area contributed by atoms with Crippen molar-refractivity contribution in [1.29, 1.82) is 0 Å². The molecular formula is C15H9BrF2O. The number of ketones is 1. The van der Waals surface area contributed by atoms with Gasteiger partial charge in [0, 0.05) is 12.0 Å². The van der Waals surface area contributed by atoms with Crippen LogP contribution in [0.1, 0.15) is 22.3 Å². The first kappa shape index (κ1) is 12.5. The normalized spacial score (nSPS) is 13.7. The molecule has 0 bridgehead atoms. The first-order chi connectivity index (χ1) is 9.09. The van der Waals surface area contributed by atoms with Crippen LogP contribution in [0.25, 0.3) is 11.1 Å². The third-order valence-corrected chi connectivity index (χ3v) is 4.00. The van der Waals surface area contributed by atoms with E-state index in [4.69, 9.17) is 0 Å². The molecule has 96 valence electrons. The van der Waals surface area contributed by atoms with Crippen molar-refractivity contribution in [2.75, 3.05) is 0 Å². The SMILES string of the molecule is O=C1CCc2c1cccc2-c1c(F)ccc(Br)c1F. The summed E-state index contributed by atoms with van der Waals surface area (Å²) >= 11 is 3.06. The van der Waals surface area contributed by atoms with Crippen LogP contribution in [0.4, 0.5) is 8.78 Å². The minimum Gasteiger partial charge on any atom is -0.294 e. The van der Waals surface area contributed by atoms with E-state index in [2.05, 4.69) is 15.9 Å². The fourth-order valence-corrected chi connectivity index (χ4v) is 2.83. The Morgan fingerprint density at radius 1 is 1.00 bits per heavy atom. The lowest BCUT2D eigenvalue weighted by Crippen LogP contribution is -1.97. The lowest BCUT2D eigenvalue weighted by Gasteiger charge is -2.11. The first-order valence-electron chi connectivity index (χ1n) is 5.88. The summed E-state index contributed by atoms with van der Waals surface area (Å²) in [4.78, 5) is 11.7. The molecule has 0 aromatic heterocycles. The number of Topliss-reactive ketones (excluding diaryl/α,β-unsaturated/α-hetero) is 1. The Labute approximate surface area is 117 Å². The van der Waals surface area contributed by atoms with Gasteiger partial charge in [-0.05, 0) is 45.6 Å². The van der Waals surface area contributed by atoms with Gasteiger partial charge in [-0.25, -0.2) is 8.78 Å². The first-order valence-corrected chi connectivity index (χ1v) is 6.68. The average molecular weight is 323 g/mol. The van der Waals surface area contributed by atoms with Gasteiger partial charge in [0.05, 0.1) is 10.0 Å². The lowest BCUT2D eigenvalue weighted by molar-refractivity contribution is 0.0994. The number of rotatable bonds is 1. The number of hydrogen-bond donors (Lipinski definition) is 0. The summed E-state index contributed by atoms with van der Waals surface area (Å²) < 4.78 is 28.3. The van der Waals surface area contributed by atoms with E-state index >= 15 is 0 Å². The Morgan fingerprint density at radius 2 is 1.74 bits per heavy atom. The Bertz CT molecular complexity index is 695. The van der Waals surface area contributed by atoms with Gasteiger partial charge in [-0.3, -0.25) is 4.79 Å². The van der Waals surface area contributed by atoms with Crippen LogP contribution in [-0.4, -0.2) is 5.78 Å². The Balaban J connectivity index is 2.31. The highest BCUT2D eigenvalue weighted by atomic mass is 79.9. The van der Waals surface area contributed by atoms with Gasteiger partial charge in [-0.2, -0.15) is 0 Å². The molecule has 0 atom stereocenters. The topological polar surface area (TPSA) is 17.1 Å². The highest BCUT2D eigenvalue weighted by Gasteiger charge is 2.25. The Kier molecular flexibility index (Phi) is 2.97. The molecule has 0 heterocycles. The molecule has 0 aliphatic heterocycles. The van der Waals surface area contributed by atoms with Crippen LogP contribution in [0.5, 0.6) is 0 Å². The van der Waals surface area contributed by atoms with Crippen LogP contribution >= 0.6 is 15.9 Å². The van der Waals surface area contributed by atoms with E-state index in [1.165, 1.54) is 12.1 Å². The van der Waals surface area contributed by atoms with E-state index < -0.39 is 11.6 Å². The molecule has 19 heavy (non-hydrogen) atoms. The summed E-state index contributed by atoms with van der Waals surface area (Å²) in [5.41, 5.74) is 1.72. The second kappa shape index (κ2) is 4.53. The Hall–Kier alpha value is -1.55. The molecule has 0 saturated carbocycles. The highest BCUT2D eigenvalue weighted by molar-refractivity contribution is 9.10. The Morgan fingerprint density at radius 3 is 2.53 bits per heavy atom. The number of benzene rings is 2. The van der Waals surface area contributed by atoms with E-state index in [1.54, 1.807) is 18.2 Å². The number of carbonyl (C=O) groups excluding carboxylic acids is 1. The van der Waals surface area contributed by atoms with Crippen molar-refractivity contribution in [3.05, 3.63) is 57.6 Å². The van der Waals surface area contributed by atoms with Crippen LogP contribution in [0.15, 0.2) is 34.8 Å². The summed E-state index contributed by atoms with van der Waals surface area (Å²) in [5, 5.41) is 0. The molecule has 4 heteroatoms. The zero-order chi connectivity index (χ0) is 13.6. The molecule has 1 aliphatic carbocycles. The molecular weight excluding hydrogens is 314 g/mol. The third-order valence-electron chi connectivity index (χ3n) is 3.39. The molecule has 0 N–H and O–H groups in total. The largest absolute Gasteiger partial charge is 0.294 e. The van der Waals surface area contributed by atoms with Gasteiger partial charge in [-0.15, -0.1) is 0 Å². The molecule has 0 amide bonds. The molecule has 1 nitrogen and oxygen atoms in total. The van der Waals surface area contributed by atoms with E-state index in [9.17, 15) is 13.6 Å². The maximum absolute atomic E-state index is 14.1. The van der Waals surface area contributed by atoms with Crippen LogP contribution in [0.3, 0.4) is 0 Å². The van der Waals surface area contributed by atoms with Gasteiger partial charge < -0.3 is 0 Å². The molecule has 0 saturated heterocycles. The van der Waals surface area contributed by atoms with Crippen molar-refractivity contribution in [3.8, 4) is 11.1 Å². The molecule has 2 aromatic carbocycles. The summed E-state index contributed by atoms with van der Waals surface area (Å²) in [6.45, 7) is 0. The van der Waals surface area contributed by atoms with Gasteiger partial charge in [0.1, 0.15) is 11.6 Å². The van der Waals surface area contributed by atoms with Crippen LogP contribution in [0, 0.1) is 11.6 Å². The molecule has 2 aromatic rings. The minimum absolute atomic E-state index is 0.0349. The summed E-state index contributed by atoms with van der Waals surface area (Å²) in [6.07, 6.45) is 0.944. The van der Waals surface area contributed by atoms with Crippen LogP contribution in [-0.2, 0) is 6.42 Å². The summed E-state index contributed by atoms with van der Waals surface area (Å²) in [5.74, 6) is -1.21. The number of hydrogen-bond acceptors (Lipinski definition) is 1. The second-order valence-corrected chi connectivity index (χ2v) is 5.33. The smallest absolute Gasteiger partial charge is 0.163 e. The van der Waals surface area contributed by atoms with E-state index in [0.29, 0.717) is 24.0 Å². The molecule has 1 aliphatic rings. The molecule has 3 rings (SSSR count). The monoisotopic (exact) mass is 322 g/mol.